The van der Waals surface area contributed by atoms with Crippen LogP contribution in [-0.4, -0.2) is 19.1 Å². The fraction of sp³-hybridized carbons (Fsp3) is 0.500. The van der Waals surface area contributed by atoms with Gasteiger partial charge in [-0.2, -0.15) is 0 Å². The largest absolute Gasteiger partial charge is 0.371 e. The Morgan fingerprint density at radius 3 is 2.64 bits per heavy atom. The molecule has 1 aromatic carbocycles. The van der Waals surface area contributed by atoms with Crippen molar-refractivity contribution in [3.05, 3.63) is 30.3 Å². The van der Waals surface area contributed by atoms with E-state index in [1.165, 1.54) is 5.69 Å². The highest BCUT2D eigenvalue weighted by Gasteiger charge is 2.22. The summed E-state index contributed by atoms with van der Waals surface area (Å²) >= 11 is 0. The zero-order valence-corrected chi connectivity index (χ0v) is 8.69. The Morgan fingerprint density at radius 1 is 1.29 bits per heavy atom. The normalized spacial score (nSPS) is 27.7. The molecule has 0 radical (unpaired) electrons. The Hall–Kier alpha value is -1.02. The molecule has 1 fully saturated rings. The molecular weight excluding hydrogens is 172 g/mol. The summed E-state index contributed by atoms with van der Waals surface area (Å²) in [6.45, 7) is 4.42. The number of nitrogens with zero attached hydrogens (tertiary/aromatic N) is 1. The van der Waals surface area contributed by atoms with Gasteiger partial charge in [-0.1, -0.05) is 25.1 Å². The van der Waals surface area contributed by atoms with Gasteiger partial charge in [0.15, 0.2) is 0 Å². The first-order chi connectivity index (χ1) is 6.77. The number of nitrogens with two attached hydrogens (primary N) is 1. The minimum absolute atomic E-state index is 0.384. The van der Waals surface area contributed by atoms with E-state index in [1.807, 2.05) is 0 Å². The second kappa shape index (κ2) is 4.01. The number of piperidine rings is 1. The number of para-hydroxylation sites is 1. The summed E-state index contributed by atoms with van der Waals surface area (Å²) in [6.07, 6.45) is 1.11. The second-order valence-electron chi connectivity index (χ2n) is 4.21. The van der Waals surface area contributed by atoms with Crippen LogP contribution < -0.4 is 10.6 Å². The first-order valence-corrected chi connectivity index (χ1v) is 5.33. The SMILES string of the molecule is CC1CN(c2ccccc2)CCC1N. The molecule has 2 rings (SSSR count). The molecule has 2 heteroatoms. The lowest BCUT2D eigenvalue weighted by atomic mass is 9.94. The van der Waals surface area contributed by atoms with Crippen molar-refractivity contribution in [3.8, 4) is 0 Å². The quantitative estimate of drug-likeness (QED) is 0.732. The molecular formula is C12H18N2. The van der Waals surface area contributed by atoms with Crippen LogP contribution in [0.25, 0.3) is 0 Å². The highest BCUT2D eigenvalue weighted by Crippen LogP contribution is 2.21. The Kier molecular flexibility index (Phi) is 2.73. The van der Waals surface area contributed by atoms with E-state index >= 15 is 0 Å². The van der Waals surface area contributed by atoms with Gasteiger partial charge in [0.1, 0.15) is 0 Å². The molecule has 2 N–H and O–H groups in total. The fourth-order valence-corrected chi connectivity index (χ4v) is 2.04. The molecule has 0 saturated carbocycles. The van der Waals surface area contributed by atoms with Gasteiger partial charge in [-0.05, 0) is 24.5 Å². The third kappa shape index (κ3) is 1.90. The van der Waals surface area contributed by atoms with Crippen LogP contribution in [-0.2, 0) is 0 Å². The summed E-state index contributed by atoms with van der Waals surface area (Å²) in [5.41, 5.74) is 7.32. The van der Waals surface area contributed by atoms with Gasteiger partial charge in [0, 0.05) is 24.8 Å². The van der Waals surface area contributed by atoms with Crippen molar-refractivity contribution in [2.75, 3.05) is 18.0 Å². The molecule has 1 aliphatic rings. The summed E-state index contributed by atoms with van der Waals surface area (Å²) in [5.74, 6) is 0.601. The molecule has 2 unspecified atom stereocenters. The molecule has 0 bridgehead atoms. The lowest BCUT2D eigenvalue weighted by Gasteiger charge is -2.36. The molecule has 0 amide bonds. The predicted octanol–water partition coefficient (Wildman–Crippen LogP) is 1.86. The molecule has 1 aromatic rings. The van der Waals surface area contributed by atoms with Crippen molar-refractivity contribution in [1.82, 2.24) is 0 Å². The maximum atomic E-state index is 5.99. The van der Waals surface area contributed by atoms with Crippen LogP contribution in [0.15, 0.2) is 30.3 Å². The van der Waals surface area contributed by atoms with Crippen LogP contribution >= 0.6 is 0 Å². The van der Waals surface area contributed by atoms with E-state index in [-0.39, 0.29) is 0 Å². The lowest BCUT2D eigenvalue weighted by Crippen LogP contribution is -2.45. The molecule has 0 aromatic heterocycles. The van der Waals surface area contributed by atoms with E-state index in [1.54, 1.807) is 0 Å². The molecule has 1 saturated heterocycles. The first-order valence-electron chi connectivity index (χ1n) is 5.33. The summed E-state index contributed by atoms with van der Waals surface area (Å²) < 4.78 is 0. The van der Waals surface area contributed by atoms with Crippen LogP contribution in [0.5, 0.6) is 0 Å². The minimum atomic E-state index is 0.384. The standard InChI is InChI=1S/C12H18N2/c1-10-9-14(8-7-12(10)13)11-5-3-2-4-6-11/h2-6,10,12H,7-9,13H2,1H3. The Bertz CT molecular complexity index is 284. The maximum Gasteiger partial charge on any atom is 0.0366 e. The molecule has 14 heavy (non-hydrogen) atoms. The summed E-state index contributed by atoms with van der Waals surface area (Å²) in [4.78, 5) is 2.42. The van der Waals surface area contributed by atoms with Gasteiger partial charge in [0.25, 0.3) is 0 Å². The Labute approximate surface area is 85.7 Å². The monoisotopic (exact) mass is 190 g/mol. The third-order valence-electron chi connectivity index (χ3n) is 3.09. The van der Waals surface area contributed by atoms with Gasteiger partial charge in [-0.25, -0.2) is 0 Å². The van der Waals surface area contributed by atoms with Crippen LogP contribution in [0.4, 0.5) is 5.69 Å². The average molecular weight is 190 g/mol. The molecule has 0 spiro atoms. The predicted molar refractivity (Wildman–Crippen MR) is 60.4 cm³/mol. The van der Waals surface area contributed by atoms with Crippen LogP contribution in [0.1, 0.15) is 13.3 Å². The van der Waals surface area contributed by atoms with E-state index in [0.717, 1.165) is 19.5 Å². The van der Waals surface area contributed by atoms with E-state index in [9.17, 15) is 0 Å². The van der Waals surface area contributed by atoms with Crippen molar-refractivity contribution < 1.29 is 0 Å². The molecule has 1 aliphatic heterocycles. The number of hydrogen-bond donors (Lipinski definition) is 1. The van der Waals surface area contributed by atoms with Crippen molar-refractivity contribution in [1.29, 1.82) is 0 Å². The van der Waals surface area contributed by atoms with Crippen LogP contribution in [0, 0.1) is 5.92 Å². The minimum Gasteiger partial charge on any atom is -0.371 e. The average Bonchev–Trinajstić information content (AvgIpc) is 2.23. The van der Waals surface area contributed by atoms with Crippen molar-refractivity contribution >= 4 is 5.69 Å². The van der Waals surface area contributed by atoms with E-state index < -0.39 is 0 Å². The maximum absolute atomic E-state index is 5.99. The summed E-state index contributed by atoms with van der Waals surface area (Å²) in [7, 11) is 0. The summed E-state index contributed by atoms with van der Waals surface area (Å²) in [5, 5.41) is 0. The second-order valence-corrected chi connectivity index (χ2v) is 4.21. The van der Waals surface area contributed by atoms with Gasteiger partial charge < -0.3 is 10.6 Å². The summed E-state index contributed by atoms with van der Waals surface area (Å²) in [6, 6.07) is 11.0. The Morgan fingerprint density at radius 2 is 2.00 bits per heavy atom. The molecule has 2 atom stereocenters. The molecule has 0 aliphatic carbocycles. The smallest absolute Gasteiger partial charge is 0.0366 e. The number of rotatable bonds is 1. The third-order valence-corrected chi connectivity index (χ3v) is 3.09. The fourth-order valence-electron chi connectivity index (χ4n) is 2.04. The zero-order chi connectivity index (χ0) is 9.97. The van der Waals surface area contributed by atoms with Crippen molar-refractivity contribution in [2.45, 2.75) is 19.4 Å². The first kappa shape index (κ1) is 9.53. The van der Waals surface area contributed by atoms with Crippen molar-refractivity contribution in [2.24, 2.45) is 11.7 Å². The van der Waals surface area contributed by atoms with Crippen LogP contribution in [0.3, 0.4) is 0 Å². The van der Waals surface area contributed by atoms with Gasteiger partial charge in [0.05, 0.1) is 0 Å². The van der Waals surface area contributed by atoms with E-state index in [4.69, 9.17) is 5.73 Å². The van der Waals surface area contributed by atoms with Gasteiger partial charge in [-0.15, -0.1) is 0 Å². The number of benzene rings is 1. The topological polar surface area (TPSA) is 29.3 Å². The zero-order valence-electron chi connectivity index (χ0n) is 8.69. The van der Waals surface area contributed by atoms with Gasteiger partial charge in [-0.3, -0.25) is 0 Å². The van der Waals surface area contributed by atoms with E-state index in [0.29, 0.717) is 12.0 Å². The molecule has 76 valence electrons. The lowest BCUT2D eigenvalue weighted by molar-refractivity contribution is 0.383. The van der Waals surface area contributed by atoms with Crippen molar-refractivity contribution in [3.63, 3.8) is 0 Å². The number of anilines is 1. The number of hydrogen-bond acceptors (Lipinski definition) is 2. The van der Waals surface area contributed by atoms with Gasteiger partial charge >= 0.3 is 0 Å². The highest BCUT2D eigenvalue weighted by atomic mass is 15.1. The Balaban J connectivity index is 2.07. The van der Waals surface area contributed by atoms with Gasteiger partial charge in [0.2, 0.25) is 0 Å². The molecule has 1 heterocycles. The van der Waals surface area contributed by atoms with E-state index in [2.05, 4.69) is 42.2 Å². The molecule has 2 nitrogen and oxygen atoms in total. The van der Waals surface area contributed by atoms with Crippen LogP contribution in [0.2, 0.25) is 0 Å². The highest BCUT2D eigenvalue weighted by molar-refractivity contribution is 5.46.